The molecule has 4 rings (SSSR count). The molecular weight excluding hydrogens is 434 g/mol. The quantitative estimate of drug-likeness (QED) is 0.381. The van der Waals surface area contributed by atoms with E-state index in [0.717, 1.165) is 54.1 Å². The van der Waals surface area contributed by atoms with Gasteiger partial charge in [-0.3, -0.25) is 9.69 Å². The fourth-order valence-electron chi connectivity index (χ4n) is 3.61. The highest BCUT2D eigenvalue weighted by molar-refractivity contribution is 7.14. The molecule has 0 saturated carbocycles. The number of benzene rings is 1. The highest BCUT2D eigenvalue weighted by atomic mass is 35.5. The van der Waals surface area contributed by atoms with Gasteiger partial charge in [0.25, 0.3) is 0 Å². The summed E-state index contributed by atoms with van der Waals surface area (Å²) in [5.74, 6) is 0.619. The van der Waals surface area contributed by atoms with E-state index in [1.54, 1.807) is 12.3 Å². The Kier molecular flexibility index (Phi) is 7.53. The third-order valence-corrected chi connectivity index (χ3v) is 7.02. The molecule has 31 heavy (non-hydrogen) atoms. The molecule has 0 amide bonds. The summed E-state index contributed by atoms with van der Waals surface area (Å²) < 4.78 is 11.1. The van der Waals surface area contributed by atoms with Crippen molar-refractivity contribution in [3.8, 4) is 0 Å². The molecule has 0 bridgehead atoms. The van der Waals surface area contributed by atoms with Crippen LogP contribution in [0, 0.1) is 0 Å². The van der Waals surface area contributed by atoms with E-state index in [2.05, 4.69) is 16.0 Å². The predicted molar refractivity (Wildman–Crippen MR) is 125 cm³/mol. The first-order valence-corrected chi connectivity index (χ1v) is 11.6. The van der Waals surface area contributed by atoms with E-state index < -0.39 is 0 Å². The number of aromatic nitrogens is 1. The number of fused-ring (bicyclic) bond motifs is 1. The predicted octanol–water partition coefficient (Wildman–Crippen LogP) is 4.20. The standard InChI is InChI=1S/C23H26ClN3O3S/c24-19-14-21(31-22(19)15-30-12-9-27-7-10-29-11-8-27)20(28)4-2-16-1-3-18-17(13-16)5-6-26-23(18)25/h1,3,5-6,13-14H,2,4,7-12,15H2,(H2,25,26). The number of hydrogen-bond acceptors (Lipinski definition) is 7. The molecule has 1 saturated heterocycles. The summed E-state index contributed by atoms with van der Waals surface area (Å²) >= 11 is 7.78. The SMILES string of the molecule is Nc1nccc2cc(CCC(=O)c3cc(Cl)c(COCCN4CCOCC4)s3)ccc12. The molecule has 1 aliphatic heterocycles. The van der Waals surface area contributed by atoms with E-state index in [0.29, 0.717) is 41.8 Å². The molecule has 0 unspecified atom stereocenters. The zero-order valence-electron chi connectivity index (χ0n) is 17.3. The van der Waals surface area contributed by atoms with Crippen molar-refractivity contribution in [3.63, 3.8) is 0 Å². The second-order valence-electron chi connectivity index (χ2n) is 7.56. The van der Waals surface area contributed by atoms with Gasteiger partial charge in [-0.15, -0.1) is 11.3 Å². The molecule has 1 aliphatic rings. The monoisotopic (exact) mass is 459 g/mol. The number of aryl methyl sites for hydroxylation is 1. The first-order valence-electron chi connectivity index (χ1n) is 10.4. The molecule has 0 spiro atoms. The zero-order valence-corrected chi connectivity index (χ0v) is 18.9. The van der Waals surface area contributed by atoms with Crippen LogP contribution in [0.15, 0.2) is 36.5 Å². The molecule has 1 fully saturated rings. The number of nitrogens with two attached hydrogens (primary N) is 1. The summed E-state index contributed by atoms with van der Waals surface area (Å²) in [4.78, 5) is 20.7. The number of thiophene rings is 1. The van der Waals surface area contributed by atoms with Gasteiger partial charge in [-0.1, -0.05) is 29.8 Å². The summed E-state index contributed by atoms with van der Waals surface area (Å²) in [6.45, 7) is 5.41. The lowest BCUT2D eigenvalue weighted by molar-refractivity contribution is 0.0183. The van der Waals surface area contributed by atoms with Gasteiger partial charge in [0.1, 0.15) is 5.82 Å². The van der Waals surface area contributed by atoms with E-state index in [-0.39, 0.29) is 5.78 Å². The number of ether oxygens (including phenoxy) is 2. The van der Waals surface area contributed by atoms with E-state index in [1.165, 1.54) is 11.3 Å². The number of pyridine rings is 1. The molecule has 2 aromatic heterocycles. The van der Waals surface area contributed by atoms with Gasteiger partial charge in [0, 0.05) is 42.5 Å². The van der Waals surface area contributed by atoms with Crippen LogP contribution in [0.2, 0.25) is 5.02 Å². The van der Waals surface area contributed by atoms with Crippen LogP contribution in [0.4, 0.5) is 5.82 Å². The molecule has 0 aliphatic carbocycles. The van der Waals surface area contributed by atoms with Crippen molar-refractivity contribution in [3.05, 3.63) is 56.9 Å². The number of halogens is 1. The summed E-state index contributed by atoms with van der Waals surface area (Å²) in [5.41, 5.74) is 7.01. The average Bonchev–Trinajstić information content (AvgIpc) is 3.16. The Labute approximate surface area is 190 Å². The minimum Gasteiger partial charge on any atom is -0.383 e. The highest BCUT2D eigenvalue weighted by Gasteiger charge is 2.15. The summed E-state index contributed by atoms with van der Waals surface area (Å²) in [6, 6.07) is 9.73. The molecule has 0 atom stereocenters. The number of carbonyl (C=O) groups is 1. The first kappa shape index (κ1) is 22.2. The number of anilines is 1. The second kappa shape index (κ2) is 10.5. The van der Waals surface area contributed by atoms with Crippen LogP contribution in [0.5, 0.6) is 0 Å². The Bertz CT molecular complexity index is 1050. The lowest BCUT2D eigenvalue weighted by Crippen LogP contribution is -2.38. The number of rotatable bonds is 9. The maximum Gasteiger partial charge on any atom is 0.173 e. The van der Waals surface area contributed by atoms with Gasteiger partial charge >= 0.3 is 0 Å². The van der Waals surface area contributed by atoms with Gasteiger partial charge in [-0.05, 0) is 29.5 Å². The molecule has 2 N–H and O–H groups in total. The molecular formula is C23H26ClN3O3S. The maximum atomic E-state index is 12.7. The molecule has 1 aromatic carbocycles. The van der Waals surface area contributed by atoms with Crippen LogP contribution >= 0.6 is 22.9 Å². The molecule has 8 heteroatoms. The van der Waals surface area contributed by atoms with Crippen LogP contribution in [-0.4, -0.2) is 55.1 Å². The van der Waals surface area contributed by atoms with Gasteiger partial charge in [-0.25, -0.2) is 4.98 Å². The third-order valence-electron chi connectivity index (χ3n) is 5.42. The fraction of sp³-hybridized carbons (Fsp3) is 0.391. The lowest BCUT2D eigenvalue weighted by atomic mass is 10.0. The number of morpholine rings is 1. The molecule has 0 radical (unpaired) electrons. The number of ketones is 1. The van der Waals surface area contributed by atoms with Crippen molar-refractivity contribution in [2.45, 2.75) is 19.4 Å². The van der Waals surface area contributed by atoms with Crippen molar-refractivity contribution >= 4 is 45.3 Å². The van der Waals surface area contributed by atoms with Crippen molar-refractivity contribution < 1.29 is 14.3 Å². The zero-order chi connectivity index (χ0) is 21.6. The third kappa shape index (κ3) is 5.81. The number of nitrogen functional groups attached to an aromatic ring is 1. The van der Waals surface area contributed by atoms with Crippen molar-refractivity contribution in [1.29, 1.82) is 0 Å². The number of Topliss-reactive ketones (excluding diaryl/α,β-unsaturated/α-hetero) is 1. The maximum absolute atomic E-state index is 12.7. The van der Waals surface area contributed by atoms with Crippen LogP contribution in [-0.2, 0) is 22.5 Å². The number of hydrogen-bond donors (Lipinski definition) is 1. The minimum atomic E-state index is 0.0980. The van der Waals surface area contributed by atoms with Gasteiger partial charge in [0.15, 0.2) is 5.78 Å². The summed E-state index contributed by atoms with van der Waals surface area (Å²) in [6.07, 6.45) is 2.79. The largest absolute Gasteiger partial charge is 0.383 e. The normalized spacial score (nSPS) is 14.9. The highest BCUT2D eigenvalue weighted by Crippen LogP contribution is 2.29. The molecule has 164 valence electrons. The Morgan fingerprint density at radius 3 is 2.94 bits per heavy atom. The van der Waals surface area contributed by atoms with Crippen molar-refractivity contribution in [2.24, 2.45) is 0 Å². The smallest absolute Gasteiger partial charge is 0.173 e. The topological polar surface area (TPSA) is 77.7 Å². The second-order valence-corrected chi connectivity index (χ2v) is 9.11. The van der Waals surface area contributed by atoms with Crippen LogP contribution in [0.1, 0.15) is 26.5 Å². The van der Waals surface area contributed by atoms with Crippen LogP contribution < -0.4 is 5.73 Å². The molecule has 3 heterocycles. The number of nitrogens with zero attached hydrogens (tertiary/aromatic N) is 2. The van der Waals surface area contributed by atoms with Gasteiger partial charge in [0.05, 0.1) is 36.3 Å². The van der Waals surface area contributed by atoms with Crippen LogP contribution in [0.25, 0.3) is 10.8 Å². The summed E-state index contributed by atoms with van der Waals surface area (Å²) in [5, 5.41) is 2.57. The van der Waals surface area contributed by atoms with Gasteiger partial charge in [-0.2, -0.15) is 0 Å². The first-order chi connectivity index (χ1) is 15.1. The molecule has 3 aromatic rings. The van der Waals surface area contributed by atoms with E-state index >= 15 is 0 Å². The van der Waals surface area contributed by atoms with Crippen molar-refractivity contribution in [1.82, 2.24) is 9.88 Å². The number of carbonyl (C=O) groups excluding carboxylic acids is 1. The van der Waals surface area contributed by atoms with Crippen molar-refractivity contribution in [2.75, 3.05) is 45.2 Å². The molecule has 6 nitrogen and oxygen atoms in total. The Morgan fingerprint density at radius 2 is 2.10 bits per heavy atom. The van der Waals surface area contributed by atoms with E-state index in [9.17, 15) is 4.79 Å². The van der Waals surface area contributed by atoms with E-state index in [4.69, 9.17) is 26.8 Å². The average molecular weight is 460 g/mol. The summed E-state index contributed by atoms with van der Waals surface area (Å²) in [7, 11) is 0. The minimum absolute atomic E-state index is 0.0980. The van der Waals surface area contributed by atoms with Gasteiger partial charge < -0.3 is 15.2 Å². The van der Waals surface area contributed by atoms with Crippen LogP contribution in [0.3, 0.4) is 0 Å². The Morgan fingerprint density at radius 1 is 1.26 bits per heavy atom. The Balaban J connectivity index is 1.28. The Hall–Kier alpha value is -2.03. The van der Waals surface area contributed by atoms with E-state index in [1.807, 2.05) is 18.2 Å². The van der Waals surface area contributed by atoms with Gasteiger partial charge in [0.2, 0.25) is 0 Å². The fourth-order valence-corrected chi connectivity index (χ4v) is 4.91. The lowest BCUT2D eigenvalue weighted by Gasteiger charge is -2.26.